The monoisotopic (exact) mass is 568 g/mol. The summed E-state index contributed by atoms with van der Waals surface area (Å²) in [4.78, 5) is 35.8. The maximum Gasteiger partial charge on any atom is 0.295 e. The lowest BCUT2D eigenvalue weighted by molar-refractivity contribution is -0.117. The molecule has 1 aromatic heterocycles. The number of ketones is 1. The van der Waals surface area contributed by atoms with Gasteiger partial charge in [0.2, 0.25) is 0 Å². The third-order valence-corrected chi connectivity index (χ3v) is 8.13. The van der Waals surface area contributed by atoms with Crippen molar-refractivity contribution in [1.29, 1.82) is 0 Å². The average molecular weight is 569 g/mol. The van der Waals surface area contributed by atoms with Crippen LogP contribution < -0.4 is 9.80 Å². The second kappa shape index (κ2) is 12.4. The molecule has 9 heteroatoms. The molecular weight excluding hydrogens is 528 g/mol. The SMILES string of the molecule is Cc1ccc(N2C(=O)C(O)=C(C(=O)c3ccc(C(C)C)cc3)C2c2ccc(N3CCN(CCN(C)C)CC3)cc2)nn1. The van der Waals surface area contributed by atoms with Gasteiger partial charge in [-0.05, 0) is 62.3 Å². The van der Waals surface area contributed by atoms with Gasteiger partial charge in [0.25, 0.3) is 5.91 Å². The van der Waals surface area contributed by atoms with Gasteiger partial charge in [-0.2, -0.15) is 5.10 Å². The van der Waals surface area contributed by atoms with E-state index in [0.29, 0.717) is 22.7 Å². The van der Waals surface area contributed by atoms with Crippen LogP contribution in [0.2, 0.25) is 0 Å². The summed E-state index contributed by atoms with van der Waals surface area (Å²) in [6, 6.07) is 17.9. The van der Waals surface area contributed by atoms with Crippen LogP contribution in [0, 0.1) is 6.92 Å². The number of nitrogens with zero attached hydrogens (tertiary/aromatic N) is 6. The zero-order chi connectivity index (χ0) is 30.0. The number of aryl methyl sites for hydroxylation is 1. The van der Waals surface area contributed by atoms with E-state index in [1.54, 1.807) is 24.3 Å². The van der Waals surface area contributed by atoms with Crippen molar-refractivity contribution in [1.82, 2.24) is 20.0 Å². The number of hydrogen-bond donors (Lipinski definition) is 1. The second-order valence-electron chi connectivity index (χ2n) is 11.7. The number of likely N-dealkylation sites (N-methyl/N-ethyl adjacent to an activating group) is 1. The third kappa shape index (κ3) is 6.07. The summed E-state index contributed by atoms with van der Waals surface area (Å²) >= 11 is 0. The van der Waals surface area contributed by atoms with Gasteiger partial charge in [-0.3, -0.25) is 19.4 Å². The van der Waals surface area contributed by atoms with Crippen LogP contribution in [0.25, 0.3) is 0 Å². The predicted octanol–water partition coefficient (Wildman–Crippen LogP) is 4.37. The van der Waals surface area contributed by atoms with Gasteiger partial charge in [0.15, 0.2) is 17.4 Å². The molecule has 2 aromatic carbocycles. The average Bonchev–Trinajstić information content (AvgIpc) is 3.26. The Morgan fingerprint density at radius 3 is 2.19 bits per heavy atom. The standard InChI is InChI=1S/C33H40N6O3/c1-22(2)24-7-9-26(10-8-24)31(40)29-30(39(33(42)32(29)41)28-15-6-23(3)34-35-28)25-11-13-27(14-12-25)38-20-18-37(19-21-38)17-16-36(4)5/h6-15,22,30,41H,16-21H2,1-5H3. The largest absolute Gasteiger partial charge is 0.503 e. The molecule has 1 saturated heterocycles. The van der Waals surface area contributed by atoms with Crippen molar-refractivity contribution in [3.05, 3.63) is 94.4 Å². The van der Waals surface area contributed by atoms with Crippen molar-refractivity contribution < 1.29 is 14.7 Å². The molecule has 220 valence electrons. The van der Waals surface area contributed by atoms with Crippen LogP contribution in [0.3, 0.4) is 0 Å². The minimum absolute atomic E-state index is 0.0435. The number of piperazine rings is 1. The Kier molecular flexibility index (Phi) is 8.70. The number of aliphatic hydroxyl groups is 1. The van der Waals surface area contributed by atoms with Crippen molar-refractivity contribution in [3.63, 3.8) is 0 Å². The number of Topliss-reactive ketones (excluding diaryl/α,β-unsaturated/α-hetero) is 1. The molecule has 42 heavy (non-hydrogen) atoms. The molecule has 1 N–H and O–H groups in total. The molecule has 9 nitrogen and oxygen atoms in total. The van der Waals surface area contributed by atoms with E-state index in [-0.39, 0.29) is 17.2 Å². The van der Waals surface area contributed by atoms with E-state index in [1.165, 1.54) is 4.90 Å². The van der Waals surface area contributed by atoms with Crippen LogP contribution in [0.5, 0.6) is 0 Å². The Hall–Kier alpha value is -4.08. The van der Waals surface area contributed by atoms with E-state index >= 15 is 0 Å². The Balaban J connectivity index is 1.44. The number of amides is 1. The molecule has 1 unspecified atom stereocenters. The molecule has 3 aromatic rings. The van der Waals surface area contributed by atoms with E-state index in [2.05, 4.69) is 52.8 Å². The van der Waals surface area contributed by atoms with Crippen LogP contribution >= 0.6 is 0 Å². The first kappa shape index (κ1) is 29.4. The molecule has 0 spiro atoms. The highest BCUT2D eigenvalue weighted by Crippen LogP contribution is 2.41. The number of hydrogen-bond acceptors (Lipinski definition) is 8. The van der Waals surface area contributed by atoms with Crippen molar-refractivity contribution >= 4 is 23.2 Å². The summed E-state index contributed by atoms with van der Waals surface area (Å²) in [5.74, 6) is -1.02. The molecule has 0 saturated carbocycles. The van der Waals surface area contributed by atoms with Crippen molar-refractivity contribution in [2.24, 2.45) is 0 Å². The first-order chi connectivity index (χ1) is 20.1. The predicted molar refractivity (Wildman–Crippen MR) is 165 cm³/mol. The molecule has 2 aliphatic heterocycles. The first-order valence-electron chi connectivity index (χ1n) is 14.6. The molecule has 0 aliphatic carbocycles. The molecule has 0 bridgehead atoms. The highest BCUT2D eigenvalue weighted by Gasteiger charge is 2.45. The van der Waals surface area contributed by atoms with E-state index in [4.69, 9.17) is 0 Å². The minimum atomic E-state index is -0.844. The van der Waals surface area contributed by atoms with Gasteiger partial charge >= 0.3 is 0 Å². The molecule has 2 aliphatic rings. The zero-order valence-corrected chi connectivity index (χ0v) is 25.1. The Morgan fingerprint density at radius 1 is 0.952 bits per heavy atom. The molecule has 5 rings (SSSR count). The second-order valence-corrected chi connectivity index (χ2v) is 11.7. The topological polar surface area (TPSA) is 93.1 Å². The number of aromatic nitrogens is 2. The molecule has 1 fully saturated rings. The van der Waals surface area contributed by atoms with Crippen LogP contribution in [0.4, 0.5) is 11.5 Å². The smallest absolute Gasteiger partial charge is 0.295 e. The summed E-state index contributed by atoms with van der Waals surface area (Å²) in [5, 5.41) is 19.5. The lowest BCUT2D eigenvalue weighted by Gasteiger charge is -2.36. The van der Waals surface area contributed by atoms with Gasteiger partial charge in [0.05, 0.1) is 17.3 Å². The van der Waals surface area contributed by atoms with Gasteiger partial charge in [0, 0.05) is 50.5 Å². The Morgan fingerprint density at radius 2 is 1.62 bits per heavy atom. The van der Waals surface area contributed by atoms with Crippen LogP contribution in [0.1, 0.15) is 53.0 Å². The normalized spacial score (nSPS) is 18.1. The maximum absolute atomic E-state index is 13.9. The summed E-state index contributed by atoms with van der Waals surface area (Å²) in [5.41, 5.74) is 4.07. The lowest BCUT2D eigenvalue weighted by Crippen LogP contribution is -2.48. The number of carbonyl (C=O) groups is 2. The summed E-state index contributed by atoms with van der Waals surface area (Å²) in [7, 11) is 4.19. The Labute approximate surface area is 248 Å². The van der Waals surface area contributed by atoms with E-state index in [1.807, 2.05) is 43.3 Å². The third-order valence-electron chi connectivity index (χ3n) is 8.13. The highest BCUT2D eigenvalue weighted by molar-refractivity contribution is 6.20. The highest BCUT2D eigenvalue weighted by atomic mass is 16.3. The first-order valence-corrected chi connectivity index (χ1v) is 14.6. The number of aliphatic hydroxyl groups excluding tert-OH is 1. The zero-order valence-electron chi connectivity index (χ0n) is 25.1. The summed E-state index contributed by atoms with van der Waals surface area (Å²) in [6.07, 6.45) is 0. The van der Waals surface area contributed by atoms with Gasteiger partial charge in [-0.25, -0.2) is 0 Å². The number of carbonyl (C=O) groups excluding carboxylic acids is 2. The lowest BCUT2D eigenvalue weighted by atomic mass is 9.91. The number of anilines is 2. The molecule has 0 radical (unpaired) electrons. The van der Waals surface area contributed by atoms with Crippen LogP contribution in [0.15, 0.2) is 72.0 Å². The quantitative estimate of drug-likeness (QED) is 0.381. The molecule has 1 amide bonds. The van der Waals surface area contributed by atoms with E-state index in [9.17, 15) is 14.7 Å². The molecule has 1 atom stereocenters. The van der Waals surface area contributed by atoms with Gasteiger partial charge in [-0.1, -0.05) is 50.2 Å². The maximum atomic E-state index is 13.9. The van der Waals surface area contributed by atoms with E-state index in [0.717, 1.165) is 50.5 Å². The molecular formula is C33H40N6O3. The van der Waals surface area contributed by atoms with Crippen LogP contribution in [-0.4, -0.2) is 90.2 Å². The van der Waals surface area contributed by atoms with Gasteiger partial charge in [0.1, 0.15) is 0 Å². The number of benzene rings is 2. The van der Waals surface area contributed by atoms with Gasteiger partial charge in [-0.15, -0.1) is 5.10 Å². The van der Waals surface area contributed by atoms with Gasteiger partial charge < -0.3 is 14.9 Å². The summed E-state index contributed by atoms with van der Waals surface area (Å²) in [6.45, 7) is 11.9. The fourth-order valence-electron chi connectivity index (χ4n) is 5.52. The minimum Gasteiger partial charge on any atom is -0.503 e. The van der Waals surface area contributed by atoms with E-state index < -0.39 is 17.7 Å². The van der Waals surface area contributed by atoms with Crippen molar-refractivity contribution in [2.45, 2.75) is 32.7 Å². The molecule has 3 heterocycles. The number of rotatable bonds is 9. The fourth-order valence-corrected chi connectivity index (χ4v) is 5.52. The Bertz CT molecular complexity index is 1440. The van der Waals surface area contributed by atoms with Crippen molar-refractivity contribution in [2.75, 3.05) is 63.2 Å². The van der Waals surface area contributed by atoms with Crippen molar-refractivity contribution in [3.8, 4) is 0 Å². The van der Waals surface area contributed by atoms with Crippen LogP contribution in [-0.2, 0) is 4.79 Å². The summed E-state index contributed by atoms with van der Waals surface area (Å²) < 4.78 is 0. The fraction of sp³-hybridized carbons (Fsp3) is 0.394.